The number of hydrogen-bond donors (Lipinski definition) is 0. The van der Waals surface area contributed by atoms with Crippen molar-refractivity contribution < 1.29 is 18.0 Å². The van der Waals surface area contributed by atoms with Crippen molar-refractivity contribution in [2.75, 3.05) is 0 Å². The second-order valence-corrected chi connectivity index (χ2v) is 5.73. The fourth-order valence-corrected chi connectivity index (χ4v) is 2.45. The Kier molecular flexibility index (Phi) is 5.40. The van der Waals surface area contributed by atoms with Crippen molar-refractivity contribution in [3.63, 3.8) is 0 Å². The van der Waals surface area contributed by atoms with Crippen LogP contribution in [0.1, 0.15) is 15.9 Å². The molecule has 23 heavy (non-hydrogen) atoms. The van der Waals surface area contributed by atoms with Crippen LogP contribution in [-0.2, 0) is 0 Å². The Bertz CT molecular complexity index is 745. The summed E-state index contributed by atoms with van der Waals surface area (Å²) in [6.07, 6.45) is -4.24. The summed E-state index contributed by atoms with van der Waals surface area (Å²) in [5, 5.41) is -0.305. The van der Waals surface area contributed by atoms with Crippen molar-refractivity contribution in [2.24, 2.45) is 0 Å². The van der Waals surface area contributed by atoms with Gasteiger partial charge in [-0.25, -0.2) is 0 Å². The Morgan fingerprint density at radius 1 is 0.913 bits per heavy atom. The van der Waals surface area contributed by atoms with E-state index in [2.05, 4.69) is 0 Å². The molecule has 0 unspecified atom stereocenters. The van der Waals surface area contributed by atoms with Gasteiger partial charge in [-0.3, -0.25) is 4.79 Å². The van der Waals surface area contributed by atoms with Crippen LogP contribution in [0.25, 0.3) is 5.57 Å². The quantitative estimate of drug-likeness (QED) is 0.339. The molecule has 0 fully saturated rings. The minimum atomic E-state index is -4.76. The number of benzene rings is 2. The summed E-state index contributed by atoms with van der Waals surface area (Å²) in [6.45, 7) is 0. The van der Waals surface area contributed by atoms with E-state index < -0.39 is 17.5 Å². The predicted octanol–water partition coefficient (Wildman–Crippen LogP) is 6.48. The van der Waals surface area contributed by atoms with Gasteiger partial charge in [-0.15, -0.1) is 0 Å². The van der Waals surface area contributed by atoms with Crippen LogP contribution in [0.15, 0.2) is 48.5 Å². The van der Waals surface area contributed by atoms with Crippen LogP contribution in [0.4, 0.5) is 13.2 Å². The molecule has 1 nitrogen and oxygen atoms in total. The van der Waals surface area contributed by atoms with E-state index in [1.54, 1.807) is 18.2 Å². The van der Waals surface area contributed by atoms with Crippen molar-refractivity contribution in [1.82, 2.24) is 0 Å². The van der Waals surface area contributed by atoms with Crippen LogP contribution in [-0.4, -0.2) is 12.0 Å². The average Bonchev–Trinajstić information content (AvgIpc) is 2.49. The van der Waals surface area contributed by atoms with Crippen LogP contribution in [0.5, 0.6) is 0 Å². The van der Waals surface area contributed by atoms with Crippen LogP contribution in [0.3, 0.4) is 0 Å². The standard InChI is InChI=1S/C16H8Cl3F3O/c17-12-6-10(7-13(18)15(12)19)11(16(20,21)22)8-14(23)9-4-2-1-3-5-9/h1-8H. The first-order chi connectivity index (χ1) is 10.7. The second kappa shape index (κ2) is 6.95. The molecule has 0 aliphatic heterocycles. The van der Waals surface area contributed by atoms with E-state index in [9.17, 15) is 18.0 Å². The molecule has 2 aromatic carbocycles. The van der Waals surface area contributed by atoms with Crippen LogP contribution in [0, 0.1) is 0 Å². The number of hydrogen-bond acceptors (Lipinski definition) is 1. The summed E-state index contributed by atoms with van der Waals surface area (Å²) < 4.78 is 39.9. The molecular formula is C16H8Cl3F3O. The Balaban J connectivity index is 2.55. The summed E-state index contributed by atoms with van der Waals surface area (Å²) >= 11 is 17.3. The highest BCUT2D eigenvalue weighted by molar-refractivity contribution is 6.48. The third-order valence-corrected chi connectivity index (χ3v) is 4.13. The molecule has 0 saturated carbocycles. The van der Waals surface area contributed by atoms with Gasteiger partial charge in [0, 0.05) is 5.56 Å². The van der Waals surface area contributed by atoms with Gasteiger partial charge in [-0.05, 0) is 23.8 Å². The number of rotatable bonds is 3. The molecule has 0 radical (unpaired) electrons. The van der Waals surface area contributed by atoms with Gasteiger partial charge >= 0.3 is 6.18 Å². The Morgan fingerprint density at radius 2 is 1.43 bits per heavy atom. The fraction of sp³-hybridized carbons (Fsp3) is 0.0625. The van der Waals surface area contributed by atoms with E-state index in [0.717, 1.165) is 12.1 Å². The fourth-order valence-electron chi connectivity index (χ4n) is 1.86. The van der Waals surface area contributed by atoms with Crippen LogP contribution >= 0.6 is 34.8 Å². The van der Waals surface area contributed by atoms with E-state index >= 15 is 0 Å². The maximum absolute atomic E-state index is 13.3. The number of carbonyl (C=O) groups excluding carboxylic acids is 1. The van der Waals surface area contributed by atoms with E-state index in [1.807, 2.05) is 0 Å². The van der Waals surface area contributed by atoms with Gasteiger partial charge < -0.3 is 0 Å². The van der Waals surface area contributed by atoms with E-state index in [0.29, 0.717) is 6.08 Å². The minimum Gasteiger partial charge on any atom is -0.289 e. The largest absolute Gasteiger partial charge is 0.417 e. The van der Waals surface area contributed by atoms with Gasteiger partial charge in [-0.2, -0.15) is 13.2 Å². The maximum atomic E-state index is 13.3. The first-order valence-electron chi connectivity index (χ1n) is 6.23. The third kappa shape index (κ3) is 4.28. The van der Waals surface area contributed by atoms with E-state index in [-0.39, 0.29) is 26.2 Å². The molecular weight excluding hydrogens is 372 g/mol. The molecule has 0 atom stereocenters. The molecule has 0 amide bonds. The normalized spacial score (nSPS) is 12.3. The highest BCUT2D eigenvalue weighted by Crippen LogP contribution is 2.39. The van der Waals surface area contributed by atoms with Crippen molar-refractivity contribution in [2.45, 2.75) is 6.18 Å². The molecule has 0 saturated heterocycles. The average molecular weight is 380 g/mol. The lowest BCUT2D eigenvalue weighted by atomic mass is 10.0. The van der Waals surface area contributed by atoms with Crippen molar-refractivity contribution in [1.29, 1.82) is 0 Å². The number of alkyl halides is 3. The number of halogens is 6. The van der Waals surface area contributed by atoms with Crippen molar-refractivity contribution in [3.05, 3.63) is 74.7 Å². The summed E-state index contributed by atoms with van der Waals surface area (Å²) in [7, 11) is 0. The van der Waals surface area contributed by atoms with E-state index in [1.165, 1.54) is 12.1 Å². The predicted molar refractivity (Wildman–Crippen MR) is 86.3 cm³/mol. The molecule has 2 rings (SSSR count). The lowest BCUT2D eigenvalue weighted by Gasteiger charge is -2.13. The van der Waals surface area contributed by atoms with Gasteiger partial charge in [-0.1, -0.05) is 65.1 Å². The van der Waals surface area contributed by atoms with Crippen LogP contribution < -0.4 is 0 Å². The lowest BCUT2D eigenvalue weighted by molar-refractivity contribution is -0.0689. The Hall–Kier alpha value is -1.49. The van der Waals surface area contributed by atoms with Crippen molar-refractivity contribution in [3.8, 4) is 0 Å². The second-order valence-electron chi connectivity index (χ2n) is 4.54. The summed E-state index contributed by atoms with van der Waals surface area (Å²) in [4.78, 5) is 12.0. The summed E-state index contributed by atoms with van der Waals surface area (Å²) in [5.74, 6) is -0.778. The molecule has 0 aliphatic carbocycles. The first kappa shape index (κ1) is 17.9. The monoisotopic (exact) mass is 378 g/mol. The maximum Gasteiger partial charge on any atom is 0.417 e. The molecule has 0 spiro atoms. The Labute approximate surface area is 145 Å². The number of ketones is 1. The molecule has 0 aliphatic rings. The third-order valence-electron chi connectivity index (χ3n) is 2.93. The zero-order valence-electron chi connectivity index (χ0n) is 11.3. The summed E-state index contributed by atoms with van der Waals surface area (Å²) in [6, 6.07) is 9.67. The van der Waals surface area contributed by atoms with Gasteiger partial charge in [0.1, 0.15) is 0 Å². The Morgan fingerprint density at radius 3 is 1.91 bits per heavy atom. The zero-order chi connectivity index (χ0) is 17.2. The zero-order valence-corrected chi connectivity index (χ0v) is 13.6. The highest BCUT2D eigenvalue weighted by Gasteiger charge is 2.36. The minimum absolute atomic E-state index is 0.0482. The molecule has 2 aromatic rings. The SMILES string of the molecule is O=C(C=C(c1cc(Cl)c(Cl)c(Cl)c1)C(F)(F)F)c1ccccc1. The van der Waals surface area contributed by atoms with Crippen molar-refractivity contribution >= 4 is 46.2 Å². The lowest BCUT2D eigenvalue weighted by Crippen LogP contribution is -2.13. The number of allylic oxidation sites excluding steroid dienone is 2. The first-order valence-corrected chi connectivity index (χ1v) is 7.36. The summed E-state index contributed by atoms with van der Waals surface area (Å²) in [5.41, 5.74) is -1.34. The van der Waals surface area contributed by atoms with Gasteiger partial charge in [0.2, 0.25) is 0 Å². The van der Waals surface area contributed by atoms with Gasteiger partial charge in [0.05, 0.1) is 20.6 Å². The smallest absolute Gasteiger partial charge is 0.289 e. The topological polar surface area (TPSA) is 17.1 Å². The highest BCUT2D eigenvalue weighted by atomic mass is 35.5. The van der Waals surface area contributed by atoms with Crippen LogP contribution in [0.2, 0.25) is 15.1 Å². The number of carbonyl (C=O) groups is 1. The molecule has 0 heterocycles. The molecule has 7 heteroatoms. The molecule has 0 aromatic heterocycles. The molecule has 0 N–H and O–H groups in total. The van der Waals surface area contributed by atoms with Gasteiger partial charge in [0.25, 0.3) is 0 Å². The van der Waals surface area contributed by atoms with E-state index in [4.69, 9.17) is 34.8 Å². The van der Waals surface area contributed by atoms with Gasteiger partial charge in [0.15, 0.2) is 5.78 Å². The molecule has 120 valence electrons. The molecule has 0 bridgehead atoms.